The van der Waals surface area contributed by atoms with E-state index < -0.39 is 0 Å². The van der Waals surface area contributed by atoms with Crippen molar-refractivity contribution < 1.29 is 18.7 Å². The largest absolute Gasteiger partial charge is 0.488 e. The summed E-state index contributed by atoms with van der Waals surface area (Å²) in [5.41, 5.74) is 1.48. The van der Waals surface area contributed by atoms with Crippen LogP contribution in [0, 0.1) is 5.82 Å². The predicted octanol–water partition coefficient (Wildman–Crippen LogP) is 4.61. The van der Waals surface area contributed by atoms with Crippen LogP contribution in [0.5, 0.6) is 5.75 Å². The molecule has 180 valence electrons. The molecule has 2 amide bonds. The molecule has 0 bridgehead atoms. The number of anilines is 1. The van der Waals surface area contributed by atoms with Gasteiger partial charge in [0.05, 0.1) is 12.1 Å². The molecule has 2 heterocycles. The van der Waals surface area contributed by atoms with Crippen molar-refractivity contribution >= 4 is 24.1 Å². The average molecular weight is 478 g/mol. The van der Waals surface area contributed by atoms with Gasteiger partial charge in [-0.25, -0.2) is 9.18 Å². The van der Waals surface area contributed by atoms with E-state index in [4.69, 9.17) is 9.47 Å². The van der Waals surface area contributed by atoms with Crippen LogP contribution in [0.4, 0.5) is 14.9 Å². The summed E-state index contributed by atoms with van der Waals surface area (Å²) < 4.78 is 25.0. The van der Waals surface area contributed by atoms with Gasteiger partial charge in [0.2, 0.25) is 0 Å². The molecule has 6 nitrogen and oxygen atoms in total. The van der Waals surface area contributed by atoms with Gasteiger partial charge in [-0.05, 0) is 62.6 Å². The van der Waals surface area contributed by atoms with E-state index in [1.807, 2.05) is 25.1 Å². The molecule has 0 aromatic heterocycles. The molecule has 1 N–H and O–H groups in total. The maximum absolute atomic E-state index is 13.9. The number of piperidine rings is 1. The Hall–Kier alpha value is -2.35. The SMILES string of the molecule is COC[C@@H](C)Oc1cccc(CN2CC[C@]3(CNC(=O)N3c3cccc(F)c3)C[C@@H]2C)c1.Cl. The molecule has 0 aliphatic carbocycles. The summed E-state index contributed by atoms with van der Waals surface area (Å²) in [4.78, 5) is 16.9. The first-order valence-corrected chi connectivity index (χ1v) is 11.2. The minimum Gasteiger partial charge on any atom is -0.488 e. The third-order valence-corrected chi connectivity index (χ3v) is 6.50. The fourth-order valence-corrected chi connectivity index (χ4v) is 5.02. The number of carbonyl (C=O) groups is 1. The lowest BCUT2D eigenvalue weighted by atomic mass is 9.82. The minimum atomic E-state index is -0.332. The van der Waals surface area contributed by atoms with Crippen molar-refractivity contribution in [2.24, 2.45) is 0 Å². The Bertz CT molecular complexity index is 962. The van der Waals surface area contributed by atoms with Crippen LogP contribution >= 0.6 is 12.4 Å². The van der Waals surface area contributed by atoms with E-state index in [2.05, 4.69) is 29.3 Å². The van der Waals surface area contributed by atoms with Crippen molar-refractivity contribution in [2.45, 2.75) is 50.9 Å². The highest BCUT2D eigenvalue weighted by molar-refractivity contribution is 5.96. The Morgan fingerprint density at radius 2 is 2.03 bits per heavy atom. The molecule has 2 aliphatic heterocycles. The molecule has 1 spiro atoms. The van der Waals surface area contributed by atoms with Gasteiger partial charge < -0.3 is 14.8 Å². The van der Waals surface area contributed by atoms with Gasteiger partial charge in [-0.3, -0.25) is 9.80 Å². The molecule has 2 fully saturated rings. The van der Waals surface area contributed by atoms with E-state index in [-0.39, 0.29) is 41.9 Å². The number of nitrogens with one attached hydrogen (secondary N) is 1. The molecular formula is C25H33ClFN3O3. The zero-order valence-electron chi connectivity index (χ0n) is 19.4. The molecule has 2 saturated heterocycles. The zero-order valence-corrected chi connectivity index (χ0v) is 20.2. The Morgan fingerprint density at radius 3 is 2.76 bits per heavy atom. The number of amides is 2. The summed E-state index contributed by atoms with van der Waals surface area (Å²) in [6, 6.07) is 14.6. The number of hydrogen-bond acceptors (Lipinski definition) is 4. The second-order valence-electron chi connectivity index (χ2n) is 9.00. The van der Waals surface area contributed by atoms with Crippen LogP contribution in [0.1, 0.15) is 32.3 Å². The number of rotatable bonds is 7. The third kappa shape index (κ3) is 5.60. The van der Waals surface area contributed by atoms with E-state index >= 15 is 0 Å². The van der Waals surface area contributed by atoms with Gasteiger partial charge >= 0.3 is 6.03 Å². The maximum Gasteiger partial charge on any atom is 0.322 e. The van der Waals surface area contributed by atoms with Crippen LogP contribution in [0.15, 0.2) is 48.5 Å². The van der Waals surface area contributed by atoms with Crippen molar-refractivity contribution in [1.82, 2.24) is 10.2 Å². The van der Waals surface area contributed by atoms with E-state index in [9.17, 15) is 9.18 Å². The highest BCUT2D eigenvalue weighted by atomic mass is 35.5. The van der Waals surface area contributed by atoms with E-state index in [1.165, 1.54) is 17.7 Å². The van der Waals surface area contributed by atoms with E-state index in [1.54, 1.807) is 18.1 Å². The fraction of sp³-hybridized carbons (Fsp3) is 0.480. The van der Waals surface area contributed by atoms with Gasteiger partial charge in [0.15, 0.2) is 0 Å². The van der Waals surface area contributed by atoms with Crippen molar-refractivity contribution in [1.29, 1.82) is 0 Å². The summed E-state index contributed by atoms with van der Waals surface area (Å²) in [5.74, 6) is 0.515. The molecule has 2 aromatic rings. The topological polar surface area (TPSA) is 54.0 Å². The van der Waals surface area contributed by atoms with Crippen LogP contribution < -0.4 is 15.0 Å². The molecule has 3 atom stereocenters. The van der Waals surface area contributed by atoms with Crippen LogP contribution in [0.2, 0.25) is 0 Å². The molecule has 4 rings (SSSR count). The lowest BCUT2D eigenvalue weighted by Crippen LogP contribution is -2.57. The Labute approximate surface area is 201 Å². The second-order valence-corrected chi connectivity index (χ2v) is 9.00. The minimum absolute atomic E-state index is 0. The van der Waals surface area contributed by atoms with Gasteiger partial charge in [-0.15, -0.1) is 12.4 Å². The summed E-state index contributed by atoms with van der Waals surface area (Å²) in [5, 5.41) is 2.99. The smallest absolute Gasteiger partial charge is 0.322 e. The molecule has 33 heavy (non-hydrogen) atoms. The Kier molecular flexibility index (Phi) is 8.21. The van der Waals surface area contributed by atoms with Gasteiger partial charge in [-0.1, -0.05) is 18.2 Å². The lowest BCUT2D eigenvalue weighted by molar-refractivity contribution is 0.0914. The number of nitrogens with zero attached hydrogens (tertiary/aromatic N) is 2. The third-order valence-electron chi connectivity index (χ3n) is 6.50. The van der Waals surface area contributed by atoms with Gasteiger partial charge in [0.25, 0.3) is 0 Å². The van der Waals surface area contributed by atoms with Gasteiger partial charge in [0, 0.05) is 38.5 Å². The fourth-order valence-electron chi connectivity index (χ4n) is 5.02. The van der Waals surface area contributed by atoms with E-state index in [0.29, 0.717) is 18.8 Å². The molecule has 0 saturated carbocycles. The average Bonchev–Trinajstić information content (AvgIpc) is 3.06. The quantitative estimate of drug-likeness (QED) is 0.632. The maximum atomic E-state index is 13.9. The number of methoxy groups -OCH3 is 1. The first kappa shape index (κ1) is 25.3. The summed E-state index contributed by atoms with van der Waals surface area (Å²) in [6.45, 7) is 6.99. The van der Waals surface area contributed by atoms with Crippen LogP contribution in [0.25, 0.3) is 0 Å². The number of carbonyl (C=O) groups excluding carboxylic acids is 1. The predicted molar refractivity (Wildman–Crippen MR) is 130 cm³/mol. The van der Waals surface area contributed by atoms with Crippen molar-refractivity contribution in [2.75, 3.05) is 31.7 Å². The van der Waals surface area contributed by atoms with Crippen molar-refractivity contribution in [3.8, 4) is 5.75 Å². The number of ether oxygens (including phenoxy) is 2. The Balaban J connectivity index is 0.00000306. The van der Waals surface area contributed by atoms with Crippen LogP contribution in [0.3, 0.4) is 0 Å². The first-order valence-electron chi connectivity index (χ1n) is 11.2. The molecule has 2 aromatic carbocycles. The summed E-state index contributed by atoms with van der Waals surface area (Å²) >= 11 is 0. The number of hydrogen-bond donors (Lipinski definition) is 1. The van der Waals surface area contributed by atoms with Crippen molar-refractivity contribution in [3.05, 3.63) is 59.9 Å². The highest BCUT2D eigenvalue weighted by Crippen LogP contribution is 2.39. The number of urea groups is 1. The molecule has 2 aliphatic rings. The van der Waals surface area contributed by atoms with Crippen molar-refractivity contribution in [3.63, 3.8) is 0 Å². The van der Waals surface area contributed by atoms with Gasteiger partial charge in [0.1, 0.15) is 17.7 Å². The number of likely N-dealkylation sites (tertiary alicyclic amines) is 1. The monoisotopic (exact) mass is 477 g/mol. The highest BCUT2D eigenvalue weighted by Gasteiger charge is 2.49. The molecule has 0 unspecified atom stereocenters. The molecule has 0 radical (unpaired) electrons. The summed E-state index contributed by atoms with van der Waals surface area (Å²) in [6.07, 6.45) is 1.64. The van der Waals surface area contributed by atoms with Crippen LogP contribution in [-0.2, 0) is 11.3 Å². The number of halogens is 2. The second kappa shape index (κ2) is 10.7. The zero-order chi connectivity index (χ0) is 22.7. The number of benzene rings is 2. The summed E-state index contributed by atoms with van der Waals surface area (Å²) in [7, 11) is 1.67. The normalized spacial score (nSPS) is 23.8. The Morgan fingerprint density at radius 1 is 1.24 bits per heavy atom. The molecule has 8 heteroatoms. The first-order chi connectivity index (χ1) is 15.4. The standard InChI is InChI=1S/C25H32FN3O3.ClH/c1-18-14-25(17-27-24(30)29(25)22-8-5-7-21(26)13-22)10-11-28(18)15-20-6-4-9-23(12-20)32-19(2)16-31-3;/h4-9,12-13,18-19H,10-11,14-17H2,1-3H3,(H,27,30);1H/t18-,19+,25+;/m0./s1. The van der Waals surface area contributed by atoms with E-state index in [0.717, 1.165) is 31.7 Å². The molecular weight excluding hydrogens is 445 g/mol. The van der Waals surface area contributed by atoms with Crippen LogP contribution in [-0.4, -0.2) is 55.4 Å². The lowest BCUT2D eigenvalue weighted by Gasteiger charge is -2.47. The van der Waals surface area contributed by atoms with Gasteiger partial charge in [-0.2, -0.15) is 0 Å².